The molecule has 1 aliphatic heterocycles. The Hall–Kier alpha value is -0.840. The number of aromatic nitrogens is 2. The van der Waals surface area contributed by atoms with Crippen LogP contribution in [0.1, 0.15) is 29.2 Å². The Morgan fingerprint density at radius 1 is 1.54 bits per heavy atom. The lowest BCUT2D eigenvalue weighted by Gasteiger charge is -2.13. The van der Waals surface area contributed by atoms with Crippen LogP contribution in [0.4, 0.5) is 0 Å². The van der Waals surface area contributed by atoms with E-state index < -0.39 is 5.97 Å². The molecule has 0 fully saturated rings. The molecular formula is C8H9BrN2O2. The minimum absolute atomic E-state index is 0.136. The van der Waals surface area contributed by atoms with Gasteiger partial charge in [-0.15, -0.1) is 0 Å². The summed E-state index contributed by atoms with van der Waals surface area (Å²) in [5.74, 6) is -0.0794. The predicted molar refractivity (Wildman–Crippen MR) is 49.8 cm³/mol. The third kappa shape index (κ3) is 1.37. The van der Waals surface area contributed by atoms with Crippen molar-refractivity contribution in [3.8, 4) is 0 Å². The number of halogens is 1. The summed E-state index contributed by atoms with van der Waals surface area (Å²) in [4.78, 5) is 14.8. The van der Waals surface area contributed by atoms with Gasteiger partial charge in [-0.2, -0.15) is 0 Å². The molecule has 13 heavy (non-hydrogen) atoms. The Morgan fingerprint density at radius 3 is 2.92 bits per heavy atom. The zero-order chi connectivity index (χ0) is 9.42. The molecule has 1 aliphatic rings. The monoisotopic (exact) mass is 244 g/mol. The standard InChI is InChI=1S/C8H9BrN2O2/c9-7-6(8(12)13)10-5-3-1-2-4-11(5)7/h1-4H2,(H,12,13). The third-order valence-corrected chi connectivity index (χ3v) is 3.02. The van der Waals surface area contributed by atoms with Gasteiger partial charge in [0.15, 0.2) is 5.69 Å². The molecule has 0 saturated heterocycles. The zero-order valence-electron chi connectivity index (χ0n) is 6.96. The molecule has 70 valence electrons. The van der Waals surface area contributed by atoms with Gasteiger partial charge in [0.2, 0.25) is 0 Å². The number of rotatable bonds is 1. The number of fused-ring (bicyclic) bond motifs is 1. The van der Waals surface area contributed by atoms with Gasteiger partial charge >= 0.3 is 5.97 Å². The topological polar surface area (TPSA) is 55.1 Å². The van der Waals surface area contributed by atoms with Crippen molar-refractivity contribution in [3.05, 3.63) is 16.1 Å². The van der Waals surface area contributed by atoms with E-state index in [4.69, 9.17) is 5.11 Å². The Morgan fingerprint density at radius 2 is 2.31 bits per heavy atom. The quantitative estimate of drug-likeness (QED) is 0.818. The fourth-order valence-corrected chi connectivity index (χ4v) is 2.22. The van der Waals surface area contributed by atoms with Gasteiger partial charge in [0.1, 0.15) is 10.4 Å². The summed E-state index contributed by atoms with van der Waals surface area (Å²) in [5.41, 5.74) is 0.136. The van der Waals surface area contributed by atoms with E-state index in [1.165, 1.54) is 0 Å². The lowest BCUT2D eigenvalue weighted by atomic mass is 10.2. The van der Waals surface area contributed by atoms with Crippen molar-refractivity contribution in [2.45, 2.75) is 25.8 Å². The van der Waals surface area contributed by atoms with Crippen LogP contribution < -0.4 is 0 Å². The van der Waals surface area contributed by atoms with Gasteiger partial charge < -0.3 is 9.67 Å². The van der Waals surface area contributed by atoms with E-state index in [-0.39, 0.29) is 5.69 Å². The number of carbonyl (C=O) groups is 1. The Balaban J connectivity index is 2.50. The second-order valence-electron chi connectivity index (χ2n) is 3.08. The molecule has 2 rings (SSSR count). The number of carboxylic acid groups (broad SMARTS) is 1. The smallest absolute Gasteiger partial charge is 0.357 e. The average Bonchev–Trinajstić information content (AvgIpc) is 2.45. The average molecular weight is 245 g/mol. The summed E-state index contributed by atoms with van der Waals surface area (Å²) in [6.07, 6.45) is 3.08. The first-order valence-corrected chi connectivity index (χ1v) is 4.97. The minimum atomic E-state index is -0.964. The Labute approximate surface area is 83.7 Å². The van der Waals surface area contributed by atoms with E-state index in [2.05, 4.69) is 20.9 Å². The van der Waals surface area contributed by atoms with E-state index in [1.807, 2.05) is 4.57 Å². The van der Waals surface area contributed by atoms with Gasteiger partial charge in [-0.25, -0.2) is 9.78 Å². The van der Waals surface area contributed by atoms with Gasteiger partial charge in [0.05, 0.1) is 0 Å². The molecule has 0 amide bonds. The summed E-state index contributed by atoms with van der Waals surface area (Å²) >= 11 is 3.26. The van der Waals surface area contributed by atoms with Crippen molar-refractivity contribution in [2.75, 3.05) is 0 Å². The molecule has 2 heterocycles. The maximum Gasteiger partial charge on any atom is 0.357 e. The van der Waals surface area contributed by atoms with Crippen LogP contribution in [0, 0.1) is 0 Å². The normalized spacial score (nSPS) is 15.5. The molecule has 0 aromatic carbocycles. The molecule has 5 heteroatoms. The lowest BCUT2D eigenvalue weighted by molar-refractivity contribution is 0.0689. The highest BCUT2D eigenvalue weighted by molar-refractivity contribution is 9.10. The van der Waals surface area contributed by atoms with Gasteiger partial charge in [0, 0.05) is 13.0 Å². The summed E-state index contributed by atoms with van der Waals surface area (Å²) in [6, 6.07) is 0. The van der Waals surface area contributed by atoms with E-state index >= 15 is 0 Å². The molecule has 0 aliphatic carbocycles. The molecule has 1 aromatic rings. The molecule has 4 nitrogen and oxygen atoms in total. The van der Waals surface area contributed by atoms with Crippen LogP contribution in [0.3, 0.4) is 0 Å². The van der Waals surface area contributed by atoms with Crippen molar-refractivity contribution >= 4 is 21.9 Å². The number of aryl methyl sites for hydroxylation is 1. The molecule has 1 aromatic heterocycles. The summed E-state index contributed by atoms with van der Waals surface area (Å²) in [7, 11) is 0. The molecule has 0 saturated carbocycles. The molecule has 0 spiro atoms. The third-order valence-electron chi connectivity index (χ3n) is 2.22. The van der Waals surface area contributed by atoms with Crippen LogP contribution in [0.2, 0.25) is 0 Å². The van der Waals surface area contributed by atoms with Gasteiger partial charge in [-0.05, 0) is 28.8 Å². The molecule has 1 N–H and O–H groups in total. The summed E-state index contributed by atoms with van der Waals surface area (Å²) < 4.78 is 2.54. The number of hydrogen-bond acceptors (Lipinski definition) is 2. The SMILES string of the molecule is O=C(O)c1nc2n(c1Br)CCCC2. The molecule has 0 unspecified atom stereocenters. The summed E-state index contributed by atoms with van der Waals surface area (Å²) in [5, 5.41) is 8.81. The highest BCUT2D eigenvalue weighted by Gasteiger charge is 2.21. The van der Waals surface area contributed by atoms with Crippen molar-refractivity contribution in [2.24, 2.45) is 0 Å². The van der Waals surface area contributed by atoms with Crippen molar-refractivity contribution in [1.82, 2.24) is 9.55 Å². The van der Waals surface area contributed by atoms with E-state index in [0.29, 0.717) is 4.60 Å². The van der Waals surface area contributed by atoms with Crippen molar-refractivity contribution in [1.29, 1.82) is 0 Å². The number of imidazole rings is 1. The fourth-order valence-electron chi connectivity index (χ4n) is 1.58. The van der Waals surface area contributed by atoms with Gasteiger partial charge in [-0.3, -0.25) is 0 Å². The first-order chi connectivity index (χ1) is 6.20. The van der Waals surface area contributed by atoms with Crippen LogP contribution in [0.25, 0.3) is 0 Å². The van der Waals surface area contributed by atoms with Crippen molar-refractivity contribution < 1.29 is 9.90 Å². The van der Waals surface area contributed by atoms with Crippen LogP contribution in [-0.4, -0.2) is 20.6 Å². The van der Waals surface area contributed by atoms with Crippen molar-refractivity contribution in [3.63, 3.8) is 0 Å². The second kappa shape index (κ2) is 3.14. The van der Waals surface area contributed by atoms with E-state index in [9.17, 15) is 4.79 Å². The fraction of sp³-hybridized carbons (Fsp3) is 0.500. The lowest BCUT2D eigenvalue weighted by Crippen LogP contribution is -2.10. The number of hydrogen-bond donors (Lipinski definition) is 1. The number of aromatic carboxylic acids is 1. The van der Waals surface area contributed by atoms with Crippen LogP contribution in [-0.2, 0) is 13.0 Å². The van der Waals surface area contributed by atoms with Crippen LogP contribution in [0.15, 0.2) is 4.60 Å². The minimum Gasteiger partial charge on any atom is -0.476 e. The first kappa shape index (κ1) is 8.74. The zero-order valence-corrected chi connectivity index (χ0v) is 8.54. The summed E-state index contributed by atoms with van der Waals surface area (Å²) in [6.45, 7) is 0.871. The maximum atomic E-state index is 10.7. The Kier molecular flexibility index (Phi) is 2.11. The molecule has 0 atom stereocenters. The molecule has 0 bridgehead atoms. The Bertz CT molecular complexity index is 359. The largest absolute Gasteiger partial charge is 0.476 e. The van der Waals surface area contributed by atoms with E-state index in [0.717, 1.165) is 31.6 Å². The maximum absolute atomic E-state index is 10.7. The second-order valence-corrected chi connectivity index (χ2v) is 3.83. The van der Waals surface area contributed by atoms with Crippen LogP contribution >= 0.6 is 15.9 Å². The number of nitrogens with zero attached hydrogens (tertiary/aromatic N) is 2. The van der Waals surface area contributed by atoms with Gasteiger partial charge in [0.25, 0.3) is 0 Å². The number of carboxylic acids is 1. The van der Waals surface area contributed by atoms with Crippen LogP contribution in [0.5, 0.6) is 0 Å². The molecular weight excluding hydrogens is 236 g/mol. The molecule has 0 radical (unpaired) electrons. The van der Waals surface area contributed by atoms with Gasteiger partial charge in [-0.1, -0.05) is 0 Å². The first-order valence-electron chi connectivity index (χ1n) is 4.18. The van der Waals surface area contributed by atoms with E-state index in [1.54, 1.807) is 0 Å². The predicted octanol–water partition coefficient (Wildman–Crippen LogP) is 1.68. The highest BCUT2D eigenvalue weighted by atomic mass is 79.9. The highest BCUT2D eigenvalue weighted by Crippen LogP contribution is 2.23.